The normalized spacial score (nSPS) is 17.3. The Labute approximate surface area is 130 Å². The minimum atomic E-state index is 0.0959. The largest absolute Gasteiger partial charge is 0.269 e. The molecule has 0 bridgehead atoms. The van der Waals surface area contributed by atoms with Crippen LogP contribution in [0.15, 0.2) is 39.5 Å². The molecule has 0 saturated heterocycles. The maximum atomic E-state index is 13.0. The standard InChI is InChI=1S/C16H14N2OS2/c1-9-5-7-20-16(9)18-14-11(4-3-6-17-14)13-12(15(18)19)8-10(2)21-13/h3-7,10H,8H2,1-2H3. The molecule has 3 nitrogen and oxygen atoms in total. The van der Waals surface area contributed by atoms with E-state index < -0.39 is 0 Å². The zero-order valence-corrected chi connectivity index (χ0v) is 13.4. The predicted octanol–water partition coefficient (Wildman–Crippen LogP) is 3.79. The molecule has 0 aliphatic carbocycles. The molecule has 5 heteroatoms. The number of rotatable bonds is 1. The van der Waals surface area contributed by atoms with Crippen molar-refractivity contribution in [2.24, 2.45) is 0 Å². The SMILES string of the molecule is Cc1ccsc1-n1c(=O)c2c(c3cccnc31)SC(C)C2. The molecular formula is C16H14N2OS2. The molecule has 1 aliphatic heterocycles. The van der Waals surface area contributed by atoms with Crippen molar-refractivity contribution in [2.75, 3.05) is 0 Å². The van der Waals surface area contributed by atoms with Crippen molar-refractivity contribution in [2.45, 2.75) is 30.4 Å². The molecule has 0 aromatic carbocycles. The van der Waals surface area contributed by atoms with E-state index in [9.17, 15) is 4.79 Å². The molecule has 0 amide bonds. The van der Waals surface area contributed by atoms with E-state index in [0.29, 0.717) is 5.25 Å². The molecule has 4 heterocycles. The van der Waals surface area contributed by atoms with Crippen molar-refractivity contribution < 1.29 is 0 Å². The molecule has 4 rings (SSSR count). The molecule has 0 fully saturated rings. The molecule has 0 radical (unpaired) electrons. The van der Waals surface area contributed by atoms with Crippen LogP contribution < -0.4 is 5.56 Å². The summed E-state index contributed by atoms with van der Waals surface area (Å²) in [5.74, 6) is 0. The van der Waals surface area contributed by atoms with Crippen molar-refractivity contribution in [3.63, 3.8) is 0 Å². The van der Waals surface area contributed by atoms with Crippen LogP contribution in [0.2, 0.25) is 0 Å². The summed E-state index contributed by atoms with van der Waals surface area (Å²) in [6, 6.07) is 6.07. The van der Waals surface area contributed by atoms with E-state index in [1.54, 1.807) is 33.9 Å². The fourth-order valence-electron chi connectivity index (χ4n) is 2.87. The van der Waals surface area contributed by atoms with Crippen LogP contribution in [0, 0.1) is 6.92 Å². The highest BCUT2D eigenvalue weighted by Gasteiger charge is 2.27. The van der Waals surface area contributed by atoms with Gasteiger partial charge in [-0.2, -0.15) is 0 Å². The number of hydrogen-bond donors (Lipinski definition) is 0. The lowest BCUT2D eigenvalue weighted by atomic mass is 10.1. The van der Waals surface area contributed by atoms with Gasteiger partial charge in [-0.3, -0.25) is 9.36 Å². The van der Waals surface area contributed by atoms with Gasteiger partial charge in [0.1, 0.15) is 10.6 Å². The number of nitrogens with zero attached hydrogens (tertiary/aromatic N) is 2. The third kappa shape index (κ3) is 1.88. The number of aromatic nitrogens is 2. The third-order valence-corrected chi connectivity index (χ3v) is 6.10. The van der Waals surface area contributed by atoms with Gasteiger partial charge in [-0.05, 0) is 42.5 Å². The van der Waals surface area contributed by atoms with Crippen LogP contribution >= 0.6 is 23.1 Å². The highest BCUT2D eigenvalue weighted by molar-refractivity contribution is 8.00. The van der Waals surface area contributed by atoms with Gasteiger partial charge in [-0.1, -0.05) is 6.92 Å². The highest BCUT2D eigenvalue weighted by Crippen LogP contribution is 2.40. The average molecular weight is 314 g/mol. The molecule has 106 valence electrons. The fourth-order valence-corrected chi connectivity index (χ4v) is 5.05. The number of thioether (sulfide) groups is 1. The Morgan fingerprint density at radius 1 is 1.38 bits per heavy atom. The first-order valence-electron chi connectivity index (χ1n) is 6.90. The Hall–Kier alpha value is -1.59. The summed E-state index contributed by atoms with van der Waals surface area (Å²) in [5.41, 5.74) is 2.93. The van der Waals surface area contributed by atoms with Crippen LogP contribution in [0.25, 0.3) is 16.0 Å². The quantitative estimate of drug-likeness (QED) is 0.685. The van der Waals surface area contributed by atoms with Crippen LogP contribution in [0.4, 0.5) is 0 Å². The topological polar surface area (TPSA) is 34.9 Å². The van der Waals surface area contributed by atoms with E-state index >= 15 is 0 Å². The van der Waals surface area contributed by atoms with E-state index in [-0.39, 0.29) is 5.56 Å². The zero-order chi connectivity index (χ0) is 14.6. The minimum Gasteiger partial charge on any atom is -0.269 e. The van der Waals surface area contributed by atoms with Gasteiger partial charge in [0, 0.05) is 27.3 Å². The van der Waals surface area contributed by atoms with Gasteiger partial charge in [0.15, 0.2) is 0 Å². The second-order valence-corrected chi connectivity index (χ2v) is 7.71. The van der Waals surface area contributed by atoms with Crippen molar-refractivity contribution in [3.8, 4) is 5.00 Å². The molecule has 3 aromatic heterocycles. The summed E-state index contributed by atoms with van der Waals surface area (Å²) in [6.07, 6.45) is 2.60. The Morgan fingerprint density at radius 3 is 3.00 bits per heavy atom. The summed E-state index contributed by atoms with van der Waals surface area (Å²) in [7, 11) is 0. The lowest BCUT2D eigenvalue weighted by Crippen LogP contribution is -2.23. The van der Waals surface area contributed by atoms with Gasteiger partial charge in [0.25, 0.3) is 5.56 Å². The summed E-state index contributed by atoms with van der Waals surface area (Å²) >= 11 is 3.39. The van der Waals surface area contributed by atoms with Gasteiger partial charge in [-0.25, -0.2) is 4.98 Å². The van der Waals surface area contributed by atoms with Gasteiger partial charge in [-0.15, -0.1) is 23.1 Å². The van der Waals surface area contributed by atoms with Gasteiger partial charge in [0.05, 0.1) is 0 Å². The fraction of sp³-hybridized carbons (Fsp3) is 0.250. The van der Waals surface area contributed by atoms with Crippen LogP contribution in [0.5, 0.6) is 0 Å². The minimum absolute atomic E-state index is 0.0959. The van der Waals surface area contributed by atoms with Crippen molar-refractivity contribution in [1.82, 2.24) is 9.55 Å². The molecule has 1 unspecified atom stereocenters. The molecule has 0 N–H and O–H groups in total. The average Bonchev–Trinajstić information content (AvgIpc) is 3.06. The summed E-state index contributed by atoms with van der Waals surface area (Å²) in [4.78, 5) is 18.6. The van der Waals surface area contributed by atoms with E-state index in [4.69, 9.17) is 0 Å². The Bertz CT molecular complexity index is 910. The van der Waals surface area contributed by atoms with Crippen molar-refractivity contribution in [3.05, 3.63) is 51.3 Å². The molecule has 1 atom stereocenters. The van der Waals surface area contributed by atoms with Crippen LogP contribution in [0.1, 0.15) is 18.1 Å². The predicted molar refractivity (Wildman–Crippen MR) is 89.0 cm³/mol. The second-order valence-electron chi connectivity index (χ2n) is 5.36. The summed E-state index contributed by atoms with van der Waals surface area (Å²) in [5, 5.41) is 4.55. The first kappa shape index (κ1) is 13.1. The van der Waals surface area contributed by atoms with Gasteiger partial charge >= 0.3 is 0 Å². The first-order chi connectivity index (χ1) is 10.2. The van der Waals surface area contributed by atoms with Crippen LogP contribution in [0.3, 0.4) is 0 Å². The van der Waals surface area contributed by atoms with Gasteiger partial charge < -0.3 is 0 Å². The van der Waals surface area contributed by atoms with Crippen molar-refractivity contribution >= 4 is 34.1 Å². The van der Waals surface area contributed by atoms with Crippen LogP contribution in [-0.4, -0.2) is 14.8 Å². The van der Waals surface area contributed by atoms with Crippen molar-refractivity contribution in [1.29, 1.82) is 0 Å². The van der Waals surface area contributed by atoms with E-state index in [1.807, 2.05) is 24.4 Å². The second kappa shape index (κ2) is 4.71. The van der Waals surface area contributed by atoms with E-state index in [2.05, 4.69) is 18.0 Å². The van der Waals surface area contributed by atoms with E-state index in [1.165, 1.54) is 0 Å². The lowest BCUT2D eigenvalue weighted by molar-refractivity contribution is 0.904. The number of pyridine rings is 2. The summed E-state index contributed by atoms with van der Waals surface area (Å²) in [6.45, 7) is 4.21. The molecule has 0 saturated carbocycles. The number of fused-ring (bicyclic) bond motifs is 3. The van der Waals surface area contributed by atoms with Gasteiger partial charge in [0.2, 0.25) is 0 Å². The van der Waals surface area contributed by atoms with E-state index in [0.717, 1.165) is 38.5 Å². The third-order valence-electron chi connectivity index (χ3n) is 3.83. The Morgan fingerprint density at radius 2 is 2.24 bits per heavy atom. The highest BCUT2D eigenvalue weighted by atomic mass is 32.2. The number of thiophene rings is 1. The smallest absolute Gasteiger partial charge is 0.261 e. The number of aryl methyl sites for hydroxylation is 1. The number of hydrogen-bond acceptors (Lipinski definition) is 4. The molecule has 3 aromatic rings. The summed E-state index contributed by atoms with van der Waals surface area (Å²) < 4.78 is 1.80. The maximum Gasteiger partial charge on any atom is 0.261 e. The maximum absolute atomic E-state index is 13.0. The Balaban J connectivity index is 2.18. The zero-order valence-electron chi connectivity index (χ0n) is 11.8. The molecule has 21 heavy (non-hydrogen) atoms. The molecule has 0 spiro atoms. The van der Waals surface area contributed by atoms with Crippen LogP contribution in [-0.2, 0) is 6.42 Å². The lowest BCUT2D eigenvalue weighted by Gasteiger charge is -2.12. The first-order valence-corrected chi connectivity index (χ1v) is 8.66. The monoisotopic (exact) mass is 314 g/mol. The Kier molecular flexibility index (Phi) is 2.94. The molecule has 1 aliphatic rings. The molecular weight excluding hydrogens is 300 g/mol.